The van der Waals surface area contributed by atoms with Gasteiger partial charge in [-0.1, -0.05) is 12.7 Å². The summed E-state index contributed by atoms with van der Waals surface area (Å²) in [5.74, 6) is 3.02. The molecular formula is C7H9NO4. The number of hydrogen-bond donors (Lipinski definition) is 1. The third-order valence-corrected chi connectivity index (χ3v) is 0.815. The van der Waals surface area contributed by atoms with Gasteiger partial charge in [-0.2, -0.15) is 5.90 Å². The van der Waals surface area contributed by atoms with Crippen LogP contribution < -0.4 is 5.90 Å². The lowest BCUT2D eigenvalue weighted by atomic mass is 10.5. The van der Waals surface area contributed by atoms with Crippen LogP contribution in [0.25, 0.3) is 0 Å². The van der Waals surface area contributed by atoms with Crippen LogP contribution in [0, 0.1) is 0 Å². The van der Waals surface area contributed by atoms with Crippen LogP contribution in [0.15, 0.2) is 24.8 Å². The summed E-state index contributed by atoms with van der Waals surface area (Å²) in [5.41, 5.74) is 0. The third kappa shape index (κ3) is 5.19. The fourth-order valence-electron chi connectivity index (χ4n) is 0.365. The quantitative estimate of drug-likeness (QED) is 0.271. The Labute approximate surface area is 69.4 Å². The van der Waals surface area contributed by atoms with Gasteiger partial charge in [0.2, 0.25) is 0 Å². The van der Waals surface area contributed by atoms with Gasteiger partial charge in [-0.25, -0.2) is 9.59 Å². The van der Waals surface area contributed by atoms with Crippen LogP contribution in [0.3, 0.4) is 0 Å². The van der Waals surface area contributed by atoms with Gasteiger partial charge >= 0.3 is 11.9 Å². The molecule has 0 aromatic heterocycles. The Morgan fingerprint density at radius 2 is 1.92 bits per heavy atom. The topological polar surface area (TPSA) is 78.6 Å². The molecule has 0 aliphatic rings. The highest BCUT2D eigenvalue weighted by atomic mass is 16.7. The molecule has 0 radical (unpaired) electrons. The summed E-state index contributed by atoms with van der Waals surface area (Å²) in [6.07, 6.45) is 3.19. The largest absolute Gasteiger partial charge is 0.458 e. The Balaban J connectivity index is 3.75. The van der Waals surface area contributed by atoms with Crippen LogP contribution in [0.1, 0.15) is 0 Å². The zero-order chi connectivity index (χ0) is 9.40. The summed E-state index contributed by atoms with van der Waals surface area (Å²) in [6.45, 7) is 3.43. The first kappa shape index (κ1) is 10.4. The maximum atomic E-state index is 10.6. The monoisotopic (exact) mass is 171 g/mol. The molecule has 0 unspecified atom stereocenters. The first-order valence-electron chi connectivity index (χ1n) is 3.07. The van der Waals surface area contributed by atoms with E-state index in [0.29, 0.717) is 0 Å². The second-order valence-corrected chi connectivity index (χ2v) is 1.69. The summed E-state index contributed by atoms with van der Waals surface area (Å²) in [7, 11) is 0. The standard InChI is InChI=1S/C7H9NO4/c1-2-5-11-6(9)3-4-7(10)12-8/h2-4H,1,5,8H2. The van der Waals surface area contributed by atoms with Crippen molar-refractivity contribution in [3.05, 3.63) is 24.8 Å². The third-order valence-electron chi connectivity index (χ3n) is 0.815. The van der Waals surface area contributed by atoms with Crippen molar-refractivity contribution in [2.45, 2.75) is 0 Å². The molecule has 66 valence electrons. The summed E-state index contributed by atoms with van der Waals surface area (Å²) < 4.78 is 4.49. The molecule has 0 saturated carbocycles. The van der Waals surface area contributed by atoms with Crippen molar-refractivity contribution in [1.29, 1.82) is 0 Å². The predicted octanol–water partition coefficient (Wildman–Crippen LogP) is -0.311. The molecule has 0 fully saturated rings. The van der Waals surface area contributed by atoms with Gasteiger partial charge in [-0.3, -0.25) is 0 Å². The van der Waals surface area contributed by atoms with E-state index in [9.17, 15) is 9.59 Å². The van der Waals surface area contributed by atoms with E-state index < -0.39 is 11.9 Å². The number of nitrogens with two attached hydrogens (primary N) is 1. The van der Waals surface area contributed by atoms with E-state index in [2.05, 4.69) is 22.1 Å². The van der Waals surface area contributed by atoms with Gasteiger partial charge in [0.1, 0.15) is 6.61 Å². The highest BCUT2D eigenvalue weighted by molar-refractivity contribution is 5.91. The lowest BCUT2D eigenvalue weighted by molar-refractivity contribution is -0.140. The Bertz CT molecular complexity index is 209. The van der Waals surface area contributed by atoms with Crippen molar-refractivity contribution >= 4 is 11.9 Å². The molecule has 12 heavy (non-hydrogen) atoms. The molecule has 2 N–H and O–H groups in total. The number of rotatable bonds is 4. The Kier molecular flexibility index (Phi) is 5.29. The van der Waals surface area contributed by atoms with Crippen molar-refractivity contribution in [1.82, 2.24) is 0 Å². The number of carbonyl (C=O) groups excluding carboxylic acids is 2. The minimum absolute atomic E-state index is 0.0981. The van der Waals surface area contributed by atoms with E-state index >= 15 is 0 Å². The SMILES string of the molecule is C=CCOC(=O)C=CC(=O)ON. The van der Waals surface area contributed by atoms with Crippen LogP contribution in [0.4, 0.5) is 0 Å². The van der Waals surface area contributed by atoms with Gasteiger partial charge in [-0.05, 0) is 0 Å². The zero-order valence-electron chi connectivity index (χ0n) is 6.36. The number of esters is 1. The first-order valence-corrected chi connectivity index (χ1v) is 3.07. The van der Waals surface area contributed by atoms with Gasteiger partial charge in [0, 0.05) is 12.2 Å². The molecule has 5 nitrogen and oxygen atoms in total. The number of carbonyl (C=O) groups is 2. The maximum Gasteiger partial charge on any atom is 0.349 e. The van der Waals surface area contributed by atoms with Gasteiger partial charge in [-0.15, -0.1) is 0 Å². The fraction of sp³-hybridized carbons (Fsp3) is 0.143. The summed E-state index contributed by atoms with van der Waals surface area (Å²) in [5, 5.41) is 0. The van der Waals surface area contributed by atoms with Crippen LogP contribution in [0.5, 0.6) is 0 Å². The molecular weight excluding hydrogens is 162 g/mol. The molecule has 0 rings (SSSR count). The normalized spacial score (nSPS) is 9.42. The second-order valence-electron chi connectivity index (χ2n) is 1.69. The van der Waals surface area contributed by atoms with E-state index in [1.807, 2.05) is 0 Å². The summed E-state index contributed by atoms with van der Waals surface area (Å²) >= 11 is 0. The fourth-order valence-corrected chi connectivity index (χ4v) is 0.365. The summed E-state index contributed by atoms with van der Waals surface area (Å²) in [6, 6.07) is 0. The maximum absolute atomic E-state index is 10.6. The van der Waals surface area contributed by atoms with Crippen molar-refractivity contribution in [3.8, 4) is 0 Å². The van der Waals surface area contributed by atoms with Gasteiger partial charge in [0.15, 0.2) is 0 Å². The van der Waals surface area contributed by atoms with Gasteiger partial charge < -0.3 is 9.57 Å². The van der Waals surface area contributed by atoms with Crippen molar-refractivity contribution in [3.63, 3.8) is 0 Å². The Morgan fingerprint density at radius 1 is 1.33 bits per heavy atom. The summed E-state index contributed by atoms with van der Waals surface area (Å²) in [4.78, 5) is 24.7. The highest BCUT2D eigenvalue weighted by Crippen LogP contribution is 1.83. The second kappa shape index (κ2) is 6.11. The Hall–Kier alpha value is -1.62. The average molecular weight is 171 g/mol. The van der Waals surface area contributed by atoms with Crippen molar-refractivity contribution in [2.24, 2.45) is 5.90 Å². The molecule has 0 amide bonds. The Morgan fingerprint density at radius 3 is 2.42 bits per heavy atom. The van der Waals surface area contributed by atoms with Crippen LogP contribution >= 0.6 is 0 Å². The van der Waals surface area contributed by atoms with Gasteiger partial charge in [0.05, 0.1) is 0 Å². The average Bonchev–Trinajstić information content (AvgIpc) is 2.10. The van der Waals surface area contributed by atoms with Crippen LogP contribution in [-0.2, 0) is 19.2 Å². The first-order chi connectivity index (χ1) is 5.70. The molecule has 0 aromatic carbocycles. The minimum atomic E-state index is -0.814. The van der Waals surface area contributed by atoms with E-state index in [1.54, 1.807) is 0 Å². The van der Waals surface area contributed by atoms with E-state index in [1.165, 1.54) is 6.08 Å². The molecule has 0 bridgehead atoms. The lowest BCUT2D eigenvalue weighted by Gasteiger charge is -1.94. The smallest absolute Gasteiger partial charge is 0.349 e. The molecule has 0 saturated heterocycles. The number of ether oxygens (including phenoxy) is 1. The van der Waals surface area contributed by atoms with E-state index in [0.717, 1.165) is 12.2 Å². The molecule has 0 spiro atoms. The molecule has 0 atom stereocenters. The zero-order valence-corrected chi connectivity index (χ0v) is 6.36. The van der Waals surface area contributed by atoms with Crippen molar-refractivity contribution < 1.29 is 19.2 Å². The molecule has 0 aliphatic carbocycles. The van der Waals surface area contributed by atoms with Crippen molar-refractivity contribution in [2.75, 3.05) is 6.61 Å². The minimum Gasteiger partial charge on any atom is -0.458 e. The number of hydrogen-bond acceptors (Lipinski definition) is 5. The van der Waals surface area contributed by atoms with Gasteiger partial charge in [0.25, 0.3) is 0 Å². The van der Waals surface area contributed by atoms with E-state index in [4.69, 9.17) is 0 Å². The van der Waals surface area contributed by atoms with E-state index in [-0.39, 0.29) is 6.61 Å². The predicted molar refractivity (Wildman–Crippen MR) is 40.6 cm³/mol. The lowest BCUT2D eigenvalue weighted by Crippen LogP contribution is -2.07. The molecule has 0 heterocycles. The molecule has 0 aromatic rings. The highest BCUT2D eigenvalue weighted by Gasteiger charge is 1.97. The van der Waals surface area contributed by atoms with Crippen LogP contribution in [0.2, 0.25) is 0 Å². The van der Waals surface area contributed by atoms with Crippen LogP contribution in [-0.4, -0.2) is 18.5 Å². The molecule has 0 aliphatic heterocycles. The molecule has 5 heteroatoms.